The number of pyridine rings is 1. The van der Waals surface area contributed by atoms with E-state index in [1.54, 1.807) is 36.4 Å². The number of esters is 1. The lowest BCUT2D eigenvalue weighted by Crippen LogP contribution is -2.01. The van der Waals surface area contributed by atoms with Gasteiger partial charge in [0.05, 0.1) is 12.7 Å². The van der Waals surface area contributed by atoms with Gasteiger partial charge in [0.1, 0.15) is 23.5 Å². The molecule has 0 saturated carbocycles. The van der Waals surface area contributed by atoms with Crippen molar-refractivity contribution in [3.05, 3.63) is 59.9 Å². The zero-order chi connectivity index (χ0) is 17.4. The normalized spacial score (nSPS) is 9.12. The molecular weight excluding hydrogens is 308 g/mol. The van der Waals surface area contributed by atoms with Crippen LogP contribution in [0.25, 0.3) is 0 Å². The molecule has 24 heavy (non-hydrogen) atoms. The Morgan fingerprint density at radius 1 is 1.25 bits per heavy atom. The Labute approximate surface area is 138 Å². The smallest absolute Gasteiger partial charge is 0.338 e. The molecule has 0 bridgehead atoms. The maximum Gasteiger partial charge on any atom is 0.338 e. The number of benzene rings is 1. The first-order valence-electron chi connectivity index (χ1n) is 6.75. The topological polar surface area (TPSA) is 108 Å². The molecule has 0 aliphatic carbocycles. The highest BCUT2D eigenvalue weighted by Crippen LogP contribution is 2.23. The first-order chi connectivity index (χ1) is 11.7. The number of anilines is 1. The SMILES string of the molecule is COC(=O)c1ccnc(Oc2cccc(NC=C(C#N)C#N)c2)c1. The molecule has 0 aliphatic rings. The fraction of sp³-hybridized carbons (Fsp3) is 0.0588. The molecule has 0 radical (unpaired) electrons. The van der Waals surface area contributed by atoms with Crippen molar-refractivity contribution in [2.75, 3.05) is 12.4 Å². The number of hydrogen-bond donors (Lipinski definition) is 1. The first kappa shape index (κ1) is 16.5. The minimum atomic E-state index is -0.483. The third kappa shape index (κ3) is 4.33. The van der Waals surface area contributed by atoms with E-state index in [2.05, 4.69) is 15.0 Å². The molecule has 0 unspecified atom stereocenters. The quantitative estimate of drug-likeness (QED) is 0.666. The van der Waals surface area contributed by atoms with Crippen LogP contribution in [0.4, 0.5) is 5.69 Å². The second-order valence-electron chi connectivity index (χ2n) is 4.43. The van der Waals surface area contributed by atoms with Gasteiger partial charge in [-0.25, -0.2) is 9.78 Å². The number of carbonyl (C=O) groups is 1. The van der Waals surface area contributed by atoms with Crippen molar-refractivity contribution in [2.45, 2.75) is 0 Å². The molecule has 1 aromatic carbocycles. The van der Waals surface area contributed by atoms with E-state index in [0.717, 1.165) is 0 Å². The fourth-order valence-electron chi connectivity index (χ4n) is 1.73. The Morgan fingerprint density at radius 2 is 2.04 bits per heavy atom. The summed E-state index contributed by atoms with van der Waals surface area (Å²) in [5.41, 5.74) is 0.904. The summed E-state index contributed by atoms with van der Waals surface area (Å²) in [5.74, 6) is 0.224. The number of allylic oxidation sites excluding steroid dienone is 1. The van der Waals surface area contributed by atoms with Gasteiger partial charge in [0.2, 0.25) is 5.88 Å². The molecular formula is C17H12N4O3. The van der Waals surface area contributed by atoms with E-state index >= 15 is 0 Å². The van der Waals surface area contributed by atoms with E-state index in [1.165, 1.54) is 31.6 Å². The molecule has 2 rings (SSSR count). The molecule has 0 atom stereocenters. The number of ether oxygens (including phenoxy) is 2. The number of aromatic nitrogens is 1. The highest BCUT2D eigenvalue weighted by atomic mass is 16.5. The summed E-state index contributed by atoms with van der Waals surface area (Å²) in [7, 11) is 1.29. The summed E-state index contributed by atoms with van der Waals surface area (Å²) in [4.78, 5) is 15.5. The van der Waals surface area contributed by atoms with E-state index in [9.17, 15) is 4.79 Å². The average Bonchev–Trinajstić information content (AvgIpc) is 2.62. The predicted octanol–water partition coefficient (Wildman–Crippen LogP) is 3.00. The Bertz CT molecular complexity index is 847. The van der Waals surface area contributed by atoms with Crippen molar-refractivity contribution < 1.29 is 14.3 Å². The fourth-order valence-corrected chi connectivity index (χ4v) is 1.73. The second-order valence-corrected chi connectivity index (χ2v) is 4.43. The van der Waals surface area contributed by atoms with Gasteiger partial charge in [-0.1, -0.05) is 6.07 Å². The maximum atomic E-state index is 11.5. The zero-order valence-corrected chi connectivity index (χ0v) is 12.7. The van der Waals surface area contributed by atoms with Gasteiger partial charge in [0, 0.05) is 30.2 Å². The van der Waals surface area contributed by atoms with Crippen LogP contribution in [0, 0.1) is 22.7 Å². The van der Waals surface area contributed by atoms with Gasteiger partial charge in [0.15, 0.2) is 0 Å². The number of hydrogen-bond acceptors (Lipinski definition) is 7. The lowest BCUT2D eigenvalue weighted by Gasteiger charge is -2.07. The molecule has 0 fully saturated rings. The molecule has 1 N–H and O–H groups in total. The number of carbonyl (C=O) groups excluding carboxylic acids is 1. The molecule has 0 spiro atoms. The number of nitriles is 2. The third-order valence-corrected chi connectivity index (χ3v) is 2.84. The van der Waals surface area contributed by atoms with Crippen LogP contribution in [0.15, 0.2) is 54.4 Å². The van der Waals surface area contributed by atoms with Crippen LogP contribution in [-0.4, -0.2) is 18.1 Å². The Morgan fingerprint density at radius 3 is 2.75 bits per heavy atom. The van der Waals surface area contributed by atoms with Crippen molar-refractivity contribution in [1.29, 1.82) is 10.5 Å². The van der Waals surface area contributed by atoms with Gasteiger partial charge in [-0.05, 0) is 18.2 Å². The van der Waals surface area contributed by atoms with Gasteiger partial charge in [0.25, 0.3) is 0 Å². The van der Waals surface area contributed by atoms with E-state index in [4.69, 9.17) is 15.3 Å². The molecule has 1 heterocycles. The van der Waals surface area contributed by atoms with Gasteiger partial charge >= 0.3 is 5.97 Å². The van der Waals surface area contributed by atoms with Crippen LogP contribution < -0.4 is 10.1 Å². The summed E-state index contributed by atoms with van der Waals surface area (Å²) in [5, 5.41) is 20.2. The van der Waals surface area contributed by atoms with Gasteiger partial charge in [-0.15, -0.1) is 0 Å². The van der Waals surface area contributed by atoms with Gasteiger partial charge < -0.3 is 14.8 Å². The van der Waals surface area contributed by atoms with Crippen molar-refractivity contribution in [1.82, 2.24) is 4.98 Å². The summed E-state index contributed by atoms with van der Waals surface area (Å²) >= 11 is 0. The summed E-state index contributed by atoms with van der Waals surface area (Å²) in [6.45, 7) is 0. The van der Waals surface area contributed by atoms with E-state index in [1.807, 2.05) is 0 Å². The molecule has 118 valence electrons. The Balaban J connectivity index is 2.16. The van der Waals surface area contributed by atoms with Crippen molar-refractivity contribution in [2.24, 2.45) is 0 Å². The van der Waals surface area contributed by atoms with E-state index in [0.29, 0.717) is 17.0 Å². The number of nitrogens with zero attached hydrogens (tertiary/aromatic N) is 3. The van der Waals surface area contributed by atoms with Crippen LogP contribution in [0.1, 0.15) is 10.4 Å². The number of nitrogens with one attached hydrogen (secondary N) is 1. The molecule has 1 aromatic heterocycles. The average molecular weight is 320 g/mol. The molecule has 7 heteroatoms. The standard InChI is InChI=1S/C17H12N4O3/c1-23-17(22)13-5-6-20-16(7-13)24-15-4-2-3-14(8-15)21-11-12(9-18)10-19/h2-8,11,21H,1H3. The van der Waals surface area contributed by atoms with Crippen LogP contribution in [0.2, 0.25) is 0 Å². The van der Waals surface area contributed by atoms with Crippen LogP contribution in [0.3, 0.4) is 0 Å². The third-order valence-electron chi connectivity index (χ3n) is 2.84. The molecule has 0 saturated heterocycles. The number of rotatable bonds is 5. The highest BCUT2D eigenvalue weighted by Gasteiger charge is 2.08. The summed E-state index contributed by atoms with van der Waals surface area (Å²) in [6.07, 6.45) is 2.74. The Hall–Kier alpha value is -3.84. The molecule has 2 aromatic rings. The molecule has 7 nitrogen and oxygen atoms in total. The summed E-state index contributed by atoms with van der Waals surface area (Å²) in [6, 6.07) is 13.3. The van der Waals surface area contributed by atoms with Crippen molar-refractivity contribution in [3.63, 3.8) is 0 Å². The van der Waals surface area contributed by atoms with Crippen LogP contribution >= 0.6 is 0 Å². The minimum Gasteiger partial charge on any atom is -0.465 e. The maximum absolute atomic E-state index is 11.5. The van der Waals surface area contributed by atoms with Gasteiger partial charge in [-0.2, -0.15) is 10.5 Å². The van der Waals surface area contributed by atoms with Crippen molar-refractivity contribution >= 4 is 11.7 Å². The lowest BCUT2D eigenvalue weighted by atomic mass is 10.2. The molecule has 0 aliphatic heterocycles. The second kappa shape index (κ2) is 7.97. The van der Waals surface area contributed by atoms with Gasteiger partial charge in [-0.3, -0.25) is 0 Å². The van der Waals surface area contributed by atoms with E-state index < -0.39 is 5.97 Å². The van der Waals surface area contributed by atoms with E-state index in [-0.39, 0.29) is 11.5 Å². The monoisotopic (exact) mass is 320 g/mol. The lowest BCUT2D eigenvalue weighted by molar-refractivity contribution is 0.0600. The number of methoxy groups -OCH3 is 1. The molecule has 0 amide bonds. The Kier molecular flexibility index (Phi) is 5.49. The zero-order valence-electron chi connectivity index (χ0n) is 12.7. The predicted molar refractivity (Wildman–Crippen MR) is 85.0 cm³/mol. The minimum absolute atomic E-state index is 0.0474. The highest BCUT2D eigenvalue weighted by molar-refractivity contribution is 5.89. The van der Waals surface area contributed by atoms with Crippen LogP contribution in [0.5, 0.6) is 11.6 Å². The largest absolute Gasteiger partial charge is 0.465 e. The van der Waals surface area contributed by atoms with Crippen LogP contribution in [-0.2, 0) is 4.74 Å². The summed E-state index contributed by atoms with van der Waals surface area (Å²) < 4.78 is 10.2. The first-order valence-corrected chi connectivity index (χ1v) is 6.75. The van der Waals surface area contributed by atoms with Crippen molar-refractivity contribution in [3.8, 4) is 23.8 Å².